The molecule has 1 amide bonds. The predicted octanol–water partition coefficient (Wildman–Crippen LogP) is 2.18. The van der Waals surface area contributed by atoms with E-state index in [9.17, 15) is 14.0 Å². The van der Waals surface area contributed by atoms with E-state index < -0.39 is 11.8 Å². The van der Waals surface area contributed by atoms with E-state index in [4.69, 9.17) is 0 Å². The van der Waals surface area contributed by atoms with E-state index in [0.717, 1.165) is 5.56 Å². The first kappa shape index (κ1) is 17.2. The van der Waals surface area contributed by atoms with Gasteiger partial charge in [-0.15, -0.1) is 0 Å². The average molecular weight is 345 g/mol. The summed E-state index contributed by atoms with van der Waals surface area (Å²) in [6.07, 6.45) is 2.34. The fraction of sp³-hybridized carbons (Fsp3) is 0.333. The van der Waals surface area contributed by atoms with Gasteiger partial charge in [-0.25, -0.2) is 9.18 Å². The largest absolute Gasteiger partial charge is 0.464 e. The van der Waals surface area contributed by atoms with Crippen LogP contribution in [-0.4, -0.2) is 48.5 Å². The number of methoxy groups -OCH3 is 1. The lowest BCUT2D eigenvalue weighted by atomic mass is 10.2. The van der Waals surface area contributed by atoms with Crippen LogP contribution in [0.25, 0.3) is 0 Å². The second kappa shape index (κ2) is 7.06. The van der Waals surface area contributed by atoms with Gasteiger partial charge in [0.1, 0.15) is 11.5 Å². The van der Waals surface area contributed by atoms with Crippen molar-refractivity contribution in [1.29, 1.82) is 0 Å². The molecule has 25 heavy (non-hydrogen) atoms. The van der Waals surface area contributed by atoms with Crippen molar-refractivity contribution in [3.8, 4) is 0 Å². The molecule has 0 bridgehead atoms. The number of H-pyrrole nitrogens is 1. The molecule has 6 nitrogen and oxygen atoms in total. The van der Waals surface area contributed by atoms with Crippen molar-refractivity contribution >= 4 is 17.6 Å². The number of benzene rings is 1. The van der Waals surface area contributed by atoms with Crippen molar-refractivity contribution in [3.05, 3.63) is 53.6 Å². The van der Waals surface area contributed by atoms with Crippen LogP contribution in [0.5, 0.6) is 0 Å². The predicted molar refractivity (Wildman–Crippen MR) is 90.8 cm³/mol. The molecular formula is C18H20FN3O3. The molecule has 1 aliphatic rings. The first-order valence-electron chi connectivity index (χ1n) is 8.03. The zero-order chi connectivity index (χ0) is 18.0. The molecule has 0 aliphatic carbocycles. The quantitative estimate of drug-likeness (QED) is 0.844. The summed E-state index contributed by atoms with van der Waals surface area (Å²) in [7, 11) is 3.17. The number of nitrogens with one attached hydrogen (secondary N) is 1. The van der Waals surface area contributed by atoms with Gasteiger partial charge >= 0.3 is 5.97 Å². The van der Waals surface area contributed by atoms with Gasteiger partial charge in [0, 0.05) is 19.3 Å². The fourth-order valence-electron chi connectivity index (χ4n) is 3.14. The fourth-order valence-corrected chi connectivity index (χ4v) is 3.14. The highest BCUT2D eigenvalue weighted by Crippen LogP contribution is 2.26. The van der Waals surface area contributed by atoms with Crippen LogP contribution in [0.4, 0.5) is 10.1 Å². The Balaban J connectivity index is 1.68. The number of hydrogen-bond acceptors (Lipinski definition) is 4. The molecular weight excluding hydrogens is 325 g/mol. The summed E-state index contributed by atoms with van der Waals surface area (Å²) in [5, 5.41) is 0. The number of hydrogen-bond donors (Lipinski definition) is 1. The Bertz CT molecular complexity index is 789. The molecule has 2 aromatic rings. The van der Waals surface area contributed by atoms with Gasteiger partial charge in [0.2, 0.25) is 5.91 Å². The molecule has 1 aromatic heterocycles. The second-order valence-corrected chi connectivity index (χ2v) is 6.07. The lowest BCUT2D eigenvalue weighted by molar-refractivity contribution is -0.121. The molecule has 1 aromatic carbocycles. The first-order valence-corrected chi connectivity index (χ1v) is 8.03. The number of nitrogens with zero attached hydrogens (tertiary/aromatic N) is 2. The van der Waals surface area contributed by atoms with Crippen LogP contribution in [0.3, 0.4) is 0 Å². The Morgan fingerprint density at radius 1 is 1.44 bits per heavy atom. The summed E-state index contributed by atoms with van der Waals surface area (Å²) in [5.74, 6) is -0.944. The van der Waals surface area contributed by atoms with Crippen LogP contribution in [0.15, 0.2) is 36.5 Å². The van der Waals surface area contributed by atoms with Gasteiger partial charge in [0.25, 0.3) is 0 Å². The number of likely N-dealkylation sites (N-methyl/N-ethyl adjacent to an activating group) is 1. The van der Waals surface area contributed by atoms with Crippen molar-refractivity contribution in [3.63, 3.8) is 0 Å². The average Bonchev–Trinajstić information content (AvgIpc) is 3.21. The van der Waals surface area contributed by atoms with Crippen molar-refractivity contribution in [2.75, 3.05) is 25.6 Å². The SMILES string of the molecule is COC(=O)c1cc(CN(C)C2CCN(c3ccccc3F)C2=O)c[nH]1. The third kappa shape index (κ3) is 3.41. The smallest absolute Gasteiger partial charge is 0.354 e. The Morgan fingerprint density at radius 3 is 2.92 bits per heavy atom. The van der Waals surface area contributed by atoms with Gasteiger partial charge in [-0.05, 0) is 37.2 Å². The van der Waals surface area contributed by atoms with Gasteiger partial charge in [-0.2, -0.15) is 0 Å². The molecule has 1 N–H and O–H groups in total. The van der Waals surface area contributed by atoms with E-state index in [1.807, 2.05) is 11.9 Å². The van der Waals surface area contributed by atoms with Gasteiger partial charge in [0.05, 0.1) is 18.8 Å². The normalized spacial score (nSPS) is 17.4. The van der Waals surface area contributed by atoms with E-state index in [0.29, 0.717) is 30.9 Å². The number of esters is 1. The summed E-state index contributed by atoms with van der Waals surface area (Å²) < 4.78 is 18.6. The summed E-state index contributed by atoms with van der Waals surface area (Å²) in [6.45, 7) is 0.977. The molecule has 1 unspecified atom stereocenters. The van der Waals surface area contributed by atoms with Crippen molar-refractivity contribution in [2.24, 2.45) is 0 Å². The van der Waals surface area contributed by atoms with E-state index in [1.165, 1.54) is 18.1 Å². The zero-order valence-electron chi connectivity index (χ0n) is 14.2. The lowest BCUT2D eigenvalue weighted by Gasteiger charge is -2.23. The Hall–Kier alpha value is -2.67. The van der Waals surface area contributed by atoms with E-state index in [2.05, 4.69) is 9.72 Å². The number of aromatic nitrogens is 1. The molecule has 3 rings (SSSR count). The van der Waals surface area contributed by atoms with Gasteiger partial charge in [0.15, 0.2) is 0 Å². The number of carbonyl (C=O) groups excluding carboxylic acids is 2. The van der Waals surface area contributed by atoms with Gasteiger partial charge in [-0.1, -0.05) is 12.1 Å². The highest BCUT2D eigenvalue weighted by atomic mass is 19.1. The Morgan fingerprint density at radius 2 is 2.20 bits per heavy atom. The van der Waals surface area contributed by atoms with Crippen molar-refractivity contribution in [2.45, 2.75) is 19.0 Å². The van der Waals surface area contributed by atoms with E-state index in [-0.39, 0.29) is 11.9 Å². The zero-order valence-corrected chi connectivity index (χ0v) is 14.2. The monoisotopic (exact) mass is 345 g/mol. The van der Waals surface area contributed by atoms with Crippen molar-refractivity contribution in [1.82, 2.24) is 9.88 Å². The third-order valence-electron chi connectivity index (χ3n) is 4.43. The molecule has 0 saturated carbocycles. The van der Waals surface area contributed by atoms with Crippen LogP contribution in [0.1, 0.15) is 22.5 Å². The number of anilines is 1. The maximum absolute atomic E-state index is 13.9. The molecule has 7 heteroatoms. The summed E-state index contributed by atoms with van der Waals surface area (Å²) in [5.41, 5.74) is 1.56. The number of halogens is 1. The second-order valence-electron chi connectivity index (χ2n) is 6.07. The molecule has 1 aliphatic heterocycles. The Kier molecular flexibility index (Phi) is 4.85. The van der Waals surface area contributed by atoms with E-state index >= 15 is 0 Å². The van der Waals surface area contributed by atoms with Crippen LogP contribution < -0.4 is 4.90 Å². The highest BCUT2D eigenvalue weighted by Gasteiger charge is 2.36. The number of para-hydroxylation sites is 1. The molecule has 0 spiro atoms. The highest BCUT2D eigenvalue weighted by molar-refractivity contribution is 5.99. The van der Waals surface area contributed by atoms with E-state index in [1.54, 1.807) is 30.5 Å². The number of carbonyl (C=O) groups is 2. The maximum Gasteiger partial charge on any atom is 0.354 e. The Labute approximate surface area is 145 Å². The third-order valence-corrected chi connectivity index (χ3v) is 4.43. The maximum atomic E-state index is 13.9. The molecule has 132 valence electrons. The summed E-state index contributed by atoms with van der Waals surface area (Å²) in [6, 6.07) is 7.68. The van der Waals surface area contributed by atoms with Crippen LogP contribution in [0, 0.1) is 5.82 Å². The minimum Gasteiger partial charge on any atom is -0.464 e. The molecule has 1 fully saturated rings. The molecule has 1 saturated heterocycles. The minimum absolute atomic E-state index is 0.115. The standard InChI is InChI=1S/C18H20FN3O3/c1-21(11-12-9-14(20-10-12)18(24)25-2)16-7-8-22(17(16)23)15-6-4-3-5-13(15)19/h3-6,9-10,16,20H,7-8,11H2,1-2H3. The molecule has 0 radical (unpaired) electrons. The molecule has 2 heterocycles. The number of amides is 1. The number of ether oxygens (including phenoxy) is 1. The summed E-state index contributed by atoms with van der Waals surface area (Å²) >= 11 is 0. The topological polar surface area (TPSA) is 65.6 Å². The lowest BCUT2D eigenvalue weighted by Crippen LogP contribution is -2.39. The van der Waals surface area contributed by atoms with Gasteiger partial charge < -0.3 is 14.6 Å². The number of rotatable bonds is 5. The number of aromatic amines is 1. The van der Waals surface area contributed by atoms with Crippen molar-refractivity contribution < 1.29 is 18.7 Å². The summed E-state index contributed by atoms with van der Waals surface area (Å²) in [4.78, 5) is 30.4. The van der Waals surface area contributed by atoms with Crippen LogP contribution in [0.2, 0.25) is 0 Å². The van der Waals surface area contributed by atoms with Gasteiger partial charge in [-0.3, -0.25) is 9.69 Å². The first-order chi connectivity index (χ1) is 12.0. The van der Waals surface area contributed by atoms with Crippen LogP contribution in [-0.2, 0) is 16.1 Å². The minimum atomic E-state index is -0.434. The van der Waals surface area contributed by atoms with Crippen LogP contribution >= 0.6 is 0 Å². The molecule has 1 atom stereocenters.